The molecule has 0 aliphatic rings. The lowest BCUT2D eigenvalue weighted by Gasteiger charge is -2.28. The van der Waals surface area contributed by atoms with Crippen LogP contribution >= 0.6 is 0 Å². The van der Waals surface area contributed by atoms with Crippen molar-refractivity contribution in [2.45, 2.75) is 118 Å². The standard InChI is InChI=1S/C31H48N2O3/c1-28(2,3)21-13-19(14-22(25(21)34)29(4,5)6)17-32-27(36)33-18-20-15-23(30(7,8)9)26(35)24(16-20)31(10,11)12/h13-16,34-35H,17-18H2,1-12H3,(H2,32,33,36). The number of hydrogen-bond acceptors (Lipinski definition) is 3. The van der Waals surface area contributed by atoms with E-state index >= 15 is 0 Å². The number of rotatable bonds is 4. The number of carbonyl (C=O) groups is 1. The van der Waals surface area contributed by atoms with E-state index in [2.05, 4.69) is 93.7 Å². The Kier molecular flexibility index (Phi) is 8.20. The number of amides is 2. The van der Waals surface area contributed by atoms with Crippen molar-refractivity contribution in [1.82, 2.24) is 10.6 Å². The second-order valence-corrected chi connectivity index (χ2v) is 14.1. The molecule has 0 unspecified atom stereocenters. The molecule has 200 valence electrons. The zero-order valence-electron chi connectivity index (χ0n) is 24.5. The maximum Gasteiger partial charge on any atom is 0.315 e. The van der Waals surface area contributed by atoms with E-state index in [0.29, 0.717) is 24.6 Å². The topological polar surface area (TPSA) is 81.6 Å². The predicted octanol–water partition coefficient (Wildman–Crippen LogP) is 7.29. The van der Waals surface area contributed by atoms with Crippen LogP contribution in [0.1, 0.15) is 116 Å². The lowest BCUT2D eigenvalue weighted by Crippen LogP contribution is -2.35. The van der Waals surface area contributed by atoms with Gasteiger partial charge in [-0.3, -0.25) is 0 Å². The summed E-state index contributed by atoms with van der Waals surface area (Å²) in [6.07, 6.45) is 0. The molecule has 0 saturated heterocycles. The largest absolute Gasteiger partial charge is 0.507 e. The highest BCUT2D eigenvalue weighted by Crippen LogP contribution is 2.41. The molecule has 0 radical (unpaired) electrons. The van der Waals surface area contributed by atoms with Gasteiger partial charge in [-0.05, 0) is 79.3 Å². The molecule has 36 heavy (non-hydrogen) atoms. The summed E-state index contributed by atoms with van der Waals surface area (Å²) < 4.78 is 0. The number of hydrogen-bond donors (Lipinski definition) is 4. The maximum absolute atomic E-state index is 12.7. The summed E-state index contributed by atoms with van der Waals surface area (Å²) in [4.78, 5) is 12.7. The number of aromatic hydroxyl groups is 2. The first-order chi connectivity index (χ1) is 16.1. The summed E-state index contributed by atoms with van der Waals surface area (Å²) in [6.45, 7) is 25.6. The van der Waals surface area contributed by atoms with Gasteiger partial charge in [0.2, 0.25) is 0 Å². The van der Waals surface area contributed by atoms with Gasteiger partial charge < -0.3 is 20.8 Å². The fourth-order valence-electron chi connectivity index (χ4n) is 4.31. The number of phenols is 2. The van der Waals surface area contributed by atoms with Crippen LogP contribution in [0.25, 0.3) is 0 Å². The zero-order chi connectivity index (χ0) is 27.9. The first-order valence-electron chi connectivity index (χ1n) is 12.9. The Hall–Kier alpha value is -2.69. The lowest BCUT2D eigenvalue weighted by molar-refractivity contribution is 0.240. The minimum atomic E-state index is -0.264. The van der Waals surface area contributed by atoms with E-state index in [1.807, 2.05) is 24.3 Å². The van der Waals surface area contributed by atoms with Gasteiger partial charge in [0.1, 0.15) is 11.5 Å². The van der Waals surface area contributed by atoms with Crippen molar-refractivity contribution in [3.8, 4) is 11.5 Å². The average Bonchev–Trinajstić information content (AvgIpc) is 2.68. The van der Waals surface area contributed by atoms with Crippen molar-refractivity contribution in [2.75, 3.05) is 0 Å². The number of nitrogens with one attached hydrogen (secondary N) is 2. The highest BCUT2D eigenvalue weighted by atomic mass is 16.3. The Balaban J connectivity index is 2.23. The first kappa shape index (κ1) is 29.5. The van der Waals surface area contributed by atoms with Crippen LogP contribution < -0.4 is 10.6 Å². The molecule has 2 rings (SSSR count). The van der Waals surface area contributed by atoms with Crippen LogP contribution in [0.5, 0.6) is 11.5 Å². The predicted molar refractivity (Wildman–Crippen MR) is 150 cm³/mol. The quantitative estimate of drug-likeness (QED) is 0.359. The third-order valence-electron chi connectivity index (χ3n) is 6.48. The van der Waals surface area contributed by atoms with Crippen molar-refractivity contribution in [2.24, 2.45) is 0 Å². The van der Waals surface area contributed by atoms with Crippen LogP contribution in [0.4, 0.5) is 4.79 Å². The normalized spacial score (nSPS) is 13.0. The second-order valence-electron chi connectivity index (χ2n) is 14.1. The van der Waals surface area contributed by atoms with E-state index in [-0.39, 0.29) is 27.7 Å². The summed E-state index contributed by atoms with van der Waals surface area (Å²) in [5.74, 6) is 0.666. The second kappa shape index (κ2) is 9.99. The minimum absolute atomic E-state index is 0.225. The highest BCUT2D eigenvalue weighted by Gasteiger charge is 2.28. The van der Waals surface area contributed by atoms with Crippen LogP contribution in [0.2, 0.25) is 0 Å². The molecule has 0 heterocycles. The molecule has 0 aliphatic carbocycles. The molecular weight excluding hydrogens is 448 g/mol. The molecule has 0 atom stereocenters. The Morgan fingerprint density at radius 1 is 0.556 bits per heavy atom. The zero-order valence-corrected chi connectivity index (χ0v) is 24.5. The van der Waals surface area contributed by atoms with Crippen molar-refractivity contribution < 1.29 is 15.0 Å². The van der Waals surface area contributed by atoms with E-state index in [1.165, 1.54) is 0 Å². The summed E-state index contributed by atoms with van der Waals surface area (Å²) in [5, 5.41) is 27.8. The molecule has 2 amide bonds. The van der Waals surface area contributed by atoms with Crippen LogP contribution in [0.15, 0.2) is 24.3 Å². The molecule has 0 spiro atoms. The van der Waals surface area contributed by atoms with Gasteiger partial charge in [0.05, 0.1) is 0 Å². The minimum Gasteiger partial charge on any atom is -0.507 e. The number of phenolic OH excluding ortho intramolecular Hbond substituents is 2. The molecule has 0 aliphatic heterocycles. The van der Waals surface area contributed by atoms with E-state index in [9.17, 15) is 15.0 Å². The van der Waals surface area contributed by atoms with E-state index < -0.39 is 0 Å². The fraction of sp³-hybridized carbons (Fsp3) is 0.581. The van der Waals surface area contributed by atoms with Gasteiger partial charge in [-0.2, -0.15) is 0 Å². The van der Waals surface area contributed by atoms with Crippen molar-refractivity contribution in [1.29, 1.82) is 0 Å². The monoisotopic (exact) mass is 496 g/mol. The van der Waals surface area contributed by atoms with Crippen LogP contribution in [0.3, 0.4) is 0 Å². The van der Waals surface area contributed by atoms with Gasteiger partial charge in [0, 0.05) is 13.1 Å². The van der Waals surface area contributed by atoms with Crippen LogP contribution in [-0.4, -0.2) is 16.2 Å². The lowest BCUT2D eigenvalue weighted by atomic mass is 9.78. The Labute approximate surface area is 218 Å². The highest BCUT2D eigenvalue weighted by molar-refractivity contribution is 5.74. The third-order valence-corrected chi connectivity index (χ3v) is 6.48. The fourth-order valence-corrected chi connectivity index (χ4v) is 4.31. The van der Waals surface area contributed by atoms with Gasteiger partial charge in [0.15, 0.2) is 0 Å². The molecule has 0 bridgehead atoms. The smallest absolute Gasteiger partial charge is 0.315 e. The number of benzene rings is 2. The average molecular weight is 497 g/mol. The van der Waals surface area contributed by atoms with Gasteiger partial charge >= 0.3 is 6.03 Å². The molecule has 0 saturated carbocycles. The van der Waals surface area contributed by atoms with Crippen LogP contribution in [-0.2, 0) is 34.7 Å². The number of urea groups is 1. The van der Waals surface area contributed by atoms with Crippen molar-refractivity contribution >= 4 is 6.03 Å². The maximum atomic E-state index is 12.7. The summed E-state index contributed by atoms with van der Waals surface area (Å²) in [5.41, 5.74) is 4.50. The third kappa shape index (κ3) is 7.18. The molecule has 4 N–H and O–H groups in total. The molecule has 2 aromatic rings. The van der Waals surface area contributed by atoms with E-state index in [1.54, 1.807) is 0 Å². The van der Waals surface area contributed by atoms with Gasteiger partial charge in [0.25, 0.3) is 0 Å². The van der Waals surface area contributed by atoms with Crippen molar-refractivity contribution in [3.63, 3.8) is 0 Å². The first-order valence-corrected chi connectivity index (χ1v) is 12.9. The molecule has 0 aromatic heterocycles. The van der Waals surface area contributed by atoms with Crippen LogP contribution in [0, 0.1) is 0 Å². The summed E-state index contributed by atoms with van der Waals surface area (Å²) in [6, 6.07) is 7.67. The van der Waals surface area contributed by atoms with Gasteiger partial charge in [-0.15, -0.1) is 0 Å². The Morgan fingerprint density at radius 2 is 0.778 bits per heavy atom. The molecule has 5 heteroatoms. The molecule has 2 aromatic carbocycles. The molecule has 0 fully saturated rings. The Morgan fingerprint density at radius 3 is 0.972 bits per heavy atom. The van der Waals surface area contributed by atoms with Gasteiger partial charge in [-0.1, -0.05) is 83.1 Å². The summed E-state index contributed by atoms with van der Waals surface area (Å²) in [7, 11) is 0. The molecule has 5 nitrogen and oxygen atoms in total. The van der Waals surface area contributed by atoms with E-state index in [0.717, 1.165) is 33.4 Å². The Bertz CT molecular complexity index is 947. The molecular formula is C31H48N2O3. The summed E-state index contributed by atoms with van der Waals surface area (Å²) >= 11 is 0. The van der Waals surface area contributed by atoms with Gasteiger partial charge in [-0.25, -0.2) is 4.79 Å². The number of carbonyl (C=O) groups excluding carboxylic acids is 1. The van der Waals surface area contributed by atoms with E-state index in [4.69, 9.17) is 0 Å². The SMILES string of the molecule is CC(C)(C)c1cc(CNC(=O)NCc2cc(C(C)(C)C)c(O)c(C(C)(C)C)c2)cc(C(C)(C)C)c1O. The van der Waals surface area contributed by atoms with Crippen molar-refractivity contribution in [3.05, 3.63) is 57.6 Å².